The first-order chi connectivity index (χ1) is 8.40. The van der Waals surface area contributed by atoms with Crippen LogP contribution in [0.2, 0.25) is 0 Å². The summed E-state index contributed by atoms with van der Waals surface area (Å²) >= 11 is 5.99. The monoisotopic (exact) mass is 281 g/mol. The third kappa shape index (κ3) is 5.60. The van der Waals surface area contributed by atoms with Crippen molar-refractivity contribution in [2.24, 2.45) is 0 Å². The Bertz CT molecular complexity index is 369. The first-order valence-electron chi connectivity index (χ1n) is 5.51. The molecule has 0 bridgehead atoms. The van der Waals surface area contributed by atoms with Gasteiger partial charge in [0.05, 0.1) is 12.0 Å². The van der Waals surface area contributed by atoms with E-state index in [1.54, 1.807) is 0 Å². The van der Waals surface area contributed by atoms with Crippen LogP contribution >= 0.6 is 11.6 Å². The van der Waals surface area contributed by atoms with Gasteiger partial charge in [0.25, 0.3) is 0 Å². The molecule has 1 N–H and O–H groups in total. The minimum Gasteiger partial charge on any atom is -0.382 e. The summed E-state index contributed by atoms with van der Waals surface area (Å²) in [4.78, 5) is 0. The van der Waals surface area contributed by atoms with Crippen molar-refractivity contribution >= 4 is 17.3 Å². The van der Waals surface area contributed by atoms with Gasteiger partial charge >= 0.3 is 6.18 Å². The second-order valence-electron chi connectivity index (χ2n) is 3.80. The van der Waals surface area contributed by atoms with Gasteiger partial charge < -0.3 is 10.1 Å². The van der Waals surface area contributed by atoms with Gasteiger partial charge in [-0.3, -0.25) is 0 Å². The fourth-order valence-corrected chi connectivity index (χ4v) is 1.64. The zero-order valence-corrected chi connectivity index (χ0v) is 10.7. The Morgan fingerprint density at radius 1 is 1.33 bits per heavy atom. The van der Waals surface area contributed by atoms with Crippen LogP contribution in [0.3, 0.4) is 0 Å². The molecule has 1 unspecified atom stereocenters. The van der Waals surface area contributed by atoms with Crippen LogP contribution in [0.1, 0.15) is 17.9 Å². The number of hydrogen-bond donors (Lipinski definition) is 1. The molecule has 0 aliphatic heterocycles. The van der Waals surface area contributed by atoms with Crippen molar-refractivity contribution in [3.63, 3.8) is 0 Å². The van der Waals surface area contributed by atoms with Gasteiger partial charge in [-0.2, -0.15) is 13.2 Å². The van der Waals surface area contributed by atoms with Gasteiger partial charge in [0.1, 0.15) is 6.61 Å². The number of halogens is 4. The number of benzene rings is 1. The summed E-state index contributed by atoms with van der Waals surface area (Å²) in [5, 5.41) is 2.84. The molecule has 102 valence electrons. The van der Waals surface area contributed by atoms with Crippen LogP contribution in [-0.2, 0) is 4.74 Å². The first kappa shape index (κ1) is 15.1. The molecule has 1 rings (SSSR count). The largest absolute Gasteiger partial charge is 0.411 e. The van der Waals surface area contributed by atoms with Crippen LogP contribution in [0.5, 0.6) is 0 Å². The van der Waals surface area contributed by atoms with E-state index in [4.69, 9.17) is 11.6 Å². The summed E-state index contributed by atoms with van der Waals surface area (Å²) < 4.78 is 39.9. The Kier molecular flexibility index (Phi) is 5.75. The fraction of sp³-hybridized carbons (Fsp3) is 0.500. The number of nitrogens with one attached hydrogen (secondary N) is 1. The zero-order valence-electron chi connectivity index (χ0n) is 9.93. The number of ether oxygens (including phenoxy) is 1. The minimum atomic E-state index is -4.28. The highest BCUT2D eigenvalue weighted by Gasteiger charge is 2.27. The van der Waals surface area contributed by atoms with Gasteiger partial charge in [0.15, 0.2) is 0 Å². The molecular weight excluding hydrogens is 267 g/mol. The van der Waals surface area contributed by atoms with Crippen LogP contribution in [0.15, 0.2) is 24.3 Å². The van der Waals surface area contributed by atoms with Gasteiger partial charge in [-0.05, 0) is 18.6 Å². The molecular formula is C12H15ClF3NO. The Labute approximate surface area is 109 Å². The molecule has 1 atom stereocenters. The maximum atomic E-state index is 11.8. The Morgan fingerprint density at radius 2 is 2.00 bits per heavy atom. The fourth-order valence-electron chi connectivity index (χ4n) is 1.45. The molecule has 1 aromatic carbocycles. The molecule has 0 aliphatic rings. The molecule has 0 saturated carbocycles. The molecule has 2 nitrogen and oxygen atoms in total. The first-order valence-corrected chi connectivity index (χ1v) is 5.95. The van der Waals surface area contributed by atoms with Crippen molar-refractivity contribution in [1.82, 2.24) is 0 Å². The summed E-state index contributed by atoms with van der Waals surface area (Å²) in [5.74, 6) is 0. The van der Waals surface area contributed by atoms with Gasteiger partial charge in [0.2, 0.25) is 0 Å². The molecule has 0 amide bonds. The Morgan fingerprint density at radius 3 is 2.61 bits per heavy atom. The molecule has 0 aliphatic carbocycles. The van der Waals surface area contributed by atoms with Gasteiger partial charge in [-0.25, -0.2) is 0 Å². The molecule has 0 saturated heterocycles. The van der Waals surface area contributed by atoms with Crippen molar-refractivity contribution in [3.8, 4) is 0 Å². The van der Waals surface area contributed by atoms with Crippen molar-refractivity contribution in [3.05, 3.63) is 29.8 Å². The van der Waals surface area contributed by atoms with Crippen LogP contribution in [0.25, 0.3) is 0 Å². The zero-order chi connectivity index (χ0) is 13.6. The van der Waals surface area contributed by atoms with Crippen molar-refractivity contribution in [2.45, 2.75) is 18.5 Å². The van der Waals surface area contributed by atoms with Crippen molar-refractivity contribution in [1.29, 1.82) is 0 Å². The number of alkyl halides is 4. The van der Waals surface area contributed by atoms with E-state index in [1.165, 1.54) is 0 Å². The maximum absolute atomic E-state index is 11.8. The van der Waals surface area contributed by atoms with Gasteiger partial charge in [-0.15, -0.1) is 11.6 Å². The van der Waals surface area contributed by atoms with Crippen LogP contribution in [0.4, 0.5) is 18.9 Å². The number of para-hydroxylation sites is 1. The summed E-state index contributed by atoms with van der Waals surface area (Å²) in [6, 6.07) is 7.40. The van der Waals surface area contributed by atoms with E-state index in [9.17, 15) is 13.2 Å². The average Bonchev–Trinajstić information content (AvgIpc) is 2.27. The van der Waals surface area contributed by atoms with Crippen molar-refractivity contribution in [2.75, 3.05) is 25.1 Å². The number of anilines is 1. The normalized spacial score (nSPS) is 13.4. The highest BCUT2D eigenvalue weighted by atomic mass is 35.5. The Balaban J connectivity index is 2.36. The van der Waals surface area contributed by atoms with E-state index in [1.807, 2.05) is 31.2 Å². The summed E-state index contributed by atoms with van der Waals surface area (Å²) in [6.45, 7) is 0.908. The summed E-state index contributed by atoms with van der Waals surface area (Å²) in [7, 11) is 0. The van der Waals surface area contributed by atoms with Crippen LogP contribution in [0, 0.1) is 0 Å². The van der Waals surface area contributed by atoms with E-state index < -0.39 is 12.8 Å². The molecule has 0 radical (unpaired) electrons. The second kappa shape index (κ2) is 6.85. The minimum absolute atomic E-state index is 0.00941. The Hall–Kier alpha value is -0.940. The average molecular weight is 282 g/mol. The highest BCUT2D eigenvalue weighted by Crippen LogP contribution is 2.26. The molecule has 0 aromatic heterocycles. The van der Waals surface area contributed by atoms with E-state index in [0.717, 1.165) is 11.3 Å². The molecule has 0 spiro atoms. The lowest BCUT2D eigenvalue weighted by Gasteiger charge is -2.13. The smallest absolute Gasteiger partial charge is 0.382 e. The van der Waals surface area contributed by atoms with E-state index in [-0.39, 0.29) is 12.0 Å². The lowest BCUT2D eigenvalue weighted by molar-refractivity contribution is -0.172. The summed E-state index contributed by atoms with van der Waals surface area (Å²) in [6.07, 6.45) is -4.28. The van der Waals surface area contributed by atoms with E-state index >= 15 is 0 Å². The highest BCUT2D eigenvalue weighted by molar-refractivity contribution is 6.21. The molecule has 0 fully saturated rings. The molecule has 1 aromatic rings. The predicted molar refractivity (Wildman–Crippen MR) is 66.1 cm³/mol. The third-order valence-electron chi connectivity index (χ3n) is 2.22. The van der Waals surface area contributed by atoms with Crippen LogP contribution in [-0.4, -0.2) is 25.9 Å². The summed E-state index contributed by atoms with van der Waals surface area (Å²) in [5.41, 5.74) is 1.73. The quantitative estimate of drug-likeness (QED) is 0.629. The van der Waals surface area contributed by atoms with Gasteiger partial charge in [0, 0.05) is 12.2 Å². The third-order valence-corrected chi connectivity index (χ3v) is 2.45. The number of hydrogen-bond acceptors (Lipinski definition) is 2. The maximum Gasteiger partial charge on any atom is 0.411 e. The number of rotatable bonds is 6. The second-order valence-corrected chi connectivity index (χ2v) is 4.45. The topological polar surface area (TPSA) is 21.3 Å². The SMILES string of the molecule is CC(Cl)c1ccccc1NCCOCC(F)(F)F. The lowest BCUT2D eigenvalue weighted by Crippen LogP contribution is -2.20. The lowest BCUT2D eigenvalue weighted by atomic mass is 10.1. The predicted octanol–water partition coefficient (Wildman–Crippen LogP) is 3.98. The van der Waals surface area contributed by atoms with Crippen molar-refractivity contribution < 1.29 is 17.9 Å². The van der Waals surface area contributed by atoms with E-state index in [0.29, 0.717) is 6.54 Å². The standard InChI is InChI=1S/C12H15ClF3NO/c1-9(13)10-4-2-3-5-11(10)17-6-7-18-8-12(14,15)16/h2-5,9,17H,6-8H2,1H3. The molecule has 18 heavy (non-hydrogen) atoms. The van der Waals surface area contributed by atoms with Crippen LogP contribution < -0.4 is 5.32 Å². The van der Waals surface area contributed by atoms with Gasteiger partial charge in [-0.1, -0.05) is 18.2 Å². The van der Waals surface area contributed by atoms with E-state index in [2.05, 4.69) is 10.1 Å². The molecule has 0 heterocycles. The molecule has 6 heteroatoms.